The fourth-order valence-electron chi connectivity index (χ4n) is 2.84. The van der Waals surface area contributed by atoms with Gasteiger partial charge in [-0.1, -0.05) is 92.8 Å². The van der Waals surface area contributed by atoms with Crippen molar-refractivity contribution < 1.29 is 14.3 Å². The van der Waals surface area contributed by atoms with Crippen LogP contribution in [0.3, 0.4) is 0 Å². The molecule has 0 aliphatic heterocycles. The van der Waals surface area contributed by atoms with Gasteiger partial charge in [0.25, 0.3) is 0 Å². The summed E-state index contributed by atoms with van der Waals surface area (Å²) in [6.07, 6.45) is 13.0. The minimum atomic E-state index is -0.272. The topological polar surface area (TPSA) is 43.4 Å². The lowest BCUT2D eigenvalue weighted by molar-refractivity contribution is -0.143. The summed E-state index contributed by atoms with van der Waals surface area (Å²) in [5.41, 5.74) is 0.635. The Kier molecular flexibility index (Phi) is 13.2. The Morgan fingerprint density at radius 2 is 1.35 bits per heavy atom. The van der Waals surface area contributed by atoms with Gasteiger partial charge in [-0.15, -0.1) is 0 Å². The monoisotopic (exact) mass is 424 g/mol. The average Bonchev–Trinajstić information content (AvgIpc) is 2.64. The number of benzene rings is 1. The van der Waals surface area contributed by atoms with Crippen LogP contribution in [0.4, 0.5) is 0 Å². The maximum Gasteiger partial charge on any atom is 0.306 e. The second-order valence-electron chi connectivity index (χ2n) is 6.83. The minimum Gasteiger partial charge on any atom is -0.466 e. The molecule has 0 saturated carbocycles. The van der Waals surface area contributed by atoms with E-state index in [1.807, 2.05) is 12.1 Å². The number of esters is 1. The number of ether oxygens (including phenoxy) is 1. The van der Waals surface area contributed by atoms with Crippen LogP contribution in [0, 0.1) is 0 Å². The van der Waals surface area contributed by atoms with Crippen LogP contribution in [-0.4, -0.2) is 18.4 Å². The van der Waals surface area contributed by atoms with Crippen LogP contribution >= 0.6 is 15.9 Å². The molecule has 146 valence electrons. The summed E-state index contributed by atoms with van der Waals surface area (Å²) >= 11 is 3.34. The first kappa shape index (κ1) is 22.9. The molecule has 0 heterocycles. The van der Waals surface area contributed by atoms with Gasteiger partial charge >= 0.3 is 5.97 Å². The van der Waals surface area contributed by atoms with Gasteiger partial charge in [-0.25, -0.2) is 0 Å². The van der Waals surface area contributed by atoms with Crippen LogP contribution < -0.4 is 0 Å². The Morgan fingerprint density at radius 1 is 0.808 bits per heavy atom. The van der Waals surface area contributed by atoms with Crippen molar-refractivity contribution in [2.75, 3.05) is 6.61 Å². The summed E-state index contributed by atoms with van der Waals surface area (Å²) in [5, 5.41) is 0. The number of Topliss-reactive ketones (excluding diaryl/α,β-unsaturated/α-hetero) is 1. The van der Waals surface area contributed by atoms with Crippen LogP contribution in [0.1, 0.15) is 94.3 Å². The molecular weight excluding hydrogens is 392 g/mol. The Hall–Kier alpha value is -1.16. The van der Waals surface area contributed by atoms with E-state index in [2.05, 4.69) is 22.9 Å². The third-order valence-electron chi connectivity index (χ3n) is 4.48. The van der Waals surface area contributed by atoms with E-state index in [-0.39, 0.29) is 24.6 Å². The van der Waals surface area contributed by atoms with E-state index in [0.717, 1.165) is 17.3 Å². The van der Waals surface area contributed by atoms with E-state index in [1.54, 1.807) is 12.1 Å². The first-order chi connectivity index (χ1) is 12.6. The Bertz CT molecular complexity index is 511. The summed E-state index contributed by atoms with van der Waals surface area (Å²) in [5.74, 6) is -0.292. The highest BCUT2D eigenvalue weighted by Crippen LogP contribution is 2.13. The molecule has 1 rings (SSSR count). The molecule has 1 aromatic carbocycles. The molecular formula is C22H33BrO3. The van der Waals surface area contributed by atoms with E-state index in [0.29, 0.717) is 12.2 Å². The standard InChI is InChI=1S/C22H33BrO3/c1-2-3-4-5-6-7-8-9-10-11-18-26-22(25)17-16-21(24)19-12-14-20(23)15-13-19/h12-15H,2-11,16-18H2,1H3. The molecule has 0 aliphatic rings. The number of hydrogen-bond donors (Lipinski definition) is 0. The number of carbonyl (C=O) groups is 2. The molecule has 0 aliphatic carbocycles. The molecule has 0 radical (unpaired) electrons. The van der Waals surface area contributed by atoms with Gasteiger partial charge in [-0.2, -0.15) is 0 Å². The number of unbranched alkanes of at least 4 members (excludes halogenated alkanes) is 9. The zero-order valence-electron chi connectivity index (χ0n) is 16.1. The van der Waals surface area contributed by atoms with Crippen LogP contribution in [0.15, 0.2) is 28.7 Å². The summed E-state index contributed by atoms with van der Waals surface area (Å²) in [6, 6.07) is 7.19. The fraction of sp³-hybridized carbons (Fsp3) is 0.636. The lowest BCUT2D eigenvalue weighted by atomic mass is 10.1. The van der Waals surface area contributed by atoms with Crippen molar-refractivity contribution in [3.63, 3.8) is 0 Å². The molecule has 26 heavy (non-hydrogen) atoms. The third kappa shape index (κ3) is 11.5. The van der Waals surface area contributed by atoms with Crippen LogP contribution in [0.5, 0.6) is 0 Å². The quantitative estimate of drug-likeness (QED) is 0.175. The first-order valence-corrected chi connectivity index (χ1v) is 10.9. The first-order valence-electron chi connectivity index (χ1n) is 10.1. The van der Waals surface area contributed by atoms with Crippen molar-refractivity contribution in [1.29, 1.82) is 0 Å². The lowest BCUT2D eigenvalue weighted by Crippen LogP contribution is -2.09. The molecule has 0 aromatic heterocycles. The van der Waals surface area contributed by atoms with Crippen molar-refractivity contribution in [1.82, 2.24) is 0 Å². The molecule has 3 nitrogen and oxygen atoms in total. The number of carbonyl (C=O) groups excluding carboxylic acids is 2. The zero-order chi connectivity index (χ0) is 19.0. The molecule has 0 N–H and O–H groups in total. The van der Waals surface area contributed by atoms with Gasteiger partial charge in [0.15, 0.2) is 5.78 Å². The minimum absolute atomic E-state index is 0.0200. The lowest BCUT2D eigenvalue weighted by Gasteiger charge is -2.05. The molecule has 4 heteroatoms. The fourth-order valence-corrected chi connectivity index (χ4v) is 3.11. The zero-order valence-corrected chi connectivity index (χ0v) is 17.7. The Morgan fingerprint density at radius 3 is 1.92 bits per heavy atom. The van der Waals surface area contributed by atoms with Gasteiger partial charge in [0.05, 0.1) is 13.0 Å². The second kappa shape index (κ2) is 15.0. The predicted octanol–water partition coefficient (Wildman–Crippen LogP) is 6.88. The molecule has 0 fully saturated rings. The molecule has 0 unspecified atom stereocenters. The van der Waals surface area contributed by atoms with Crippen molar-refractivity contribution in [3.05, 3.63) is 34.3 Å². The van der Waals surface area contributed by atoms with E-state index in [1.165, 1.54) is 51.4 Å². The van der Waals surface area contributed by atoms with Crippen LogP contribution in [0.25, 0.3) is 0 Å². The number of ketones is 1. The smallest absolute Gasteiger partial charge is 0.306 e. The van der Waals surface area contributed by atoms with Gasteiger partial charge in [-0.3, -0.25) is 9.59 Å². The van der Waals surface area contributed by atoms with Crippen molar-refractivity contribution in [3.8, 4) is 0 Å². The van der Waals surface area contributed by atoms with Gasteiger partial charge in [0.2, 0.25) is 0 Å². The van der Waals surface area contributed by atoms with E-state index < -0.39 is 0 Å². The van der Waals surface area contributed by atoms with E-state index in [9.17, 15) is 9.59 Å². The maximum atomic E-state index is 12.0. The third-order valence-corrected chi connectivity index (χ3v) is 5.01. The van der Waals surface area contributed by atoms with Crippen molar-refractivity contribution in [2.45, 2.75) is 84.0 Å². The largest absolute Gasteiger partial charge is 0.466 e. The molecule has 0 amide bonds. The highest BCUT2D eigenvalue weighted by atomic mass is 79.9. The van der Waals surface area contributed by atoms with Gasteiger partial charge in [0, 0.05) is 16.5 Å². The Balaban J connectivity index is 1.95. The van der Waals surface area contributed by atoms with Gasteiger partial charge in [-0.05, 0) is 18.6 Å². The molecule has 0 atom stereocenters. The summed E-state index contributed by atoms with van der Waals surface area (Å²) < 4.78 is 6.16. The summed E-state index contributed by atoms with van der Waals surface area (Å²) in [4.78, 5) is 23.7. The average molecular weight is 425 g/mol. The number of hydrogen-bond acceptors (Lipinski definition) is 3. The van der Waals surface area contributed by atoms with Gasteiger partial charge < -0.3 is 4.74 Å². The highest BCUT2D eigenvalue weighted by Gasteiger charge is 2.10. The predicted molar refractivity (Wildman–Crippen MR) is 111 cm³/mol. The number of halogens is 1. The van der Waals surface area contributed by atoms with Gasteiger partial charge in [0.1, 0.15) is 0 Å². The molecule has 0 saturated heterocycles. The SMILES string of the molecule is CCCCCCCCCCCCOC(=O)CCC(=O)c1ccc(Br)cc1. The van der Waals surface area contributed by atoms with Crippen molar-refractivity contribution in [2.24, 2.45) is 0 Å². The van der Waals surface area contributed by atoms with E-state index in [4.69, 9.17) is 4.74 Å². The summed E-state index contributed by atoms with van der Waals surface area (Å²) in [7, 11) is 0. The molecule has 1 aromatic rings. The van der Waals surface area contributed by atoms with Crippen LogP contribution in [0.2, 0.25) is 0 Å². The van der Waals surface area contributed by atoms with Crippen LogP contribution in [-0.2, 0) is 9.53 Å². The van der Waals surface area contributed by atoms with Crippen molar-refractivity contribution >= 4 is 27.7 Å². The normalized spacial score (nSPS) is 10.7. The molecule has 0 bridgehead atoms. The van der Waals surface area contributed by atoms with E-state index >= 15 is 0 Å². The highest BCUT2D eigenvalue weighted by molar-refractivity contribution is 9.10. The molecule has 0 spiro atoms. The second-order valence-corrected chi connectivity index (χ2v) is 7.75. The number of rotatable bonds is 15. The maximum absolute atomic E-state index is 12.0. The Labute approximate surface area is 167 Å². The summed E-state index contributed by atoms with van der Waals surface area (Å²) in [6.45, 7) is 2.72.